The van der Waals surface area contributed by atoms with Crippen molar-refractivity contribution in [2.75, 3.05) is 29.1 Å². The van der Waals surface area contributed by atoms with Crippen molar-refractivity contribution in [1.82, 2.24) is 9.97 Å². The molecule has 1 aliphatic heterocycles. The summed E-state index contributed by atoms with van der Waals surface area (Å²) in [4.78, 5) is 20.7. The standard InChI is InChI=1S/C22H20N6O3S/c23-20(30)15-10-25-22(26-12-4-5-18-17(8-12)24-9-13(29)11-31-18)28-21(15)27-16-2-1-3-19-14(16)6-7-32-19/h1-8,10,13,24,29H,9,11H2,(H2,23,30)(H2,25,26,27,28). The molecule has 10 heteroatoms. The number of benzene rings is 2. The molecule has 9 nitrogen and oxygen atoms in total. The summed E-state index contributed by atoms with van der Waals surface area (Å²) in [5.41, 5.74) is 8.02. The highest BCUT2D eigenvalue weighted by Gasteiger charge is 2.16. The Hall–Kier alpha value is -3.89. The van der Waals surface area contributed by atoms with E-state index >= 15 is 0 Å². The molecule has 1 amide bonds. The molecule has 0 bridgehead atoms. The third-order valence-corrected chi connectivity index (χ3v) is 5.88. The number of aliphatic hydroxyl groups is 1. The molecule has 0 saturated heterocycles. The van der Waals surface area contributed by atoms with Crippen LogP contribution in [0.15, 0.2) is 54.0 Å². The van der Waals surface area contributed by atoms with Crippen molar-refractivity contribution < 1.29 is 14.6 Å². The maximum Gasteiger partial charge on any atom is 0.254 e. The molecule has 32 heavy (non-hydrogen) atoms. The average Bonchev–Trinajstić information content (AvgIpc) is 3.19. The van der Waals surface area contributed by atoms with Gasteiger partial charge in [-0.2, -0.15) is 4.98 Å². The van der Waals surface area contributed by atoms with Gasteiger partial charge in [0.05, 0.1) is 5.69 Å². The highest BCUT2D eigenvalue weighted by molar-refractivity contribution is 7.17. The molecule has 1 unspecified atom stereocenters. The number of anilines is 5. The summed E-state index contributed by atoms with van der Waals surface area (Å²) in [6, 6.07) is 13.4. The van der Waals surface area contributed by atoms with Crippen LogP contribution >= 0.6 is 11.3 Å². The highest BCUT2D eigenvalue weighted by atomic mass is 32.1. The van der Waals surface area contributed by atoms with E-state index in [4.69, 9.17) is 10.5 Å². The van der Waals surface area contributed by atoms with Gasteiger partial charge in [-0.25, -0.2) is 4.98 Å². The SMILES string of the molecule is NC(=O)c1cnc(Nc2ccc3c(c2)NCC(O)CO3)nc1Nc1cccc2sccc12. The van der Waals surface area contributed by atoms with E-state index < -0.39 is 12.0 Å². The van der Waals surface area contributed by atoms with E-state index in [2.05, 4.69) is 25.9 Å². The third kappa shape index (κ3) is 4.01. The number of aromatic nitrogens is 2. The first-order valence-electron chi connectivity index (χ1n) is 9.93. The van der Waals surface area contributed by atoms with Crippen molar-refractivity contribution in [3.05, 3.63) is 59.6 Å². The number of nitrogens with zero attached hydrogens (tertiary/aromatic N) is 2. The molecule has 4 aromatic rings. The number of fused-ring (bicyclic) bond motifs is 2. The fraction of sp³-hybridized carbons (Fsp3) is 0.136. The number of nitrogens with two attached hydrogens (primary N) is 1. The topological polar surface area (TPSA) is 134 Å². The molecule has 2 aromatic heterocycles. The van der Waals surface area contributed by atoms with Crippen molar-refractivity contribution in [2.24, 2.45) is 5.73 Å². The first-order valence-corrected chi connectivity index (χ1v) is 10.8. The molecular formula is C22H20N6O3S. The van der Waals surface area contributed by atoms with Gasteiger partial charge in [-0.1, -0.05) is 6.07 Å². The van der Waals surface area contributed by atoms with Crippen LogP contribution in [0.2, 0.25) is 0 Å². The predicted octanol–water partition coefficient (Wildman–Crippen LogP) is 3.44. The van der Waals surface area contributed by atoms with Crippen LogP contribution < -0.4 is 26.4 Å². The predicted molar refractivity (Wildman–Crippen MR) is 125 cm³/mol. The maximum atomic E-state index is 12.0. The van der Waals surface area contributed by atoms with Crippen molar-refractivity contribution in [1.29, 1.82) is 0 Å². The van der Waals surface area contributed by atoms with Crippen LogP contribution in [-0.4, -0.2) is 40.2 Å². The van der Waals surface area contributed by atoms with Crippen molar-refractivity contribution in [2.45, 2.75) is 6.10 Å². The van der Waals surface area contributed by atoms with Crippen LogP contribution in [0.3, 0.4) is 0 Å². The Morgan fingerprint density at radius 3 is 3.03 bits per heavy atom. The molecule has 0 saturated carbocycles. The van der Waals surface area contributed by atoms with E-state index in [-0.39, 0.29) is 12.2 Å². The van der Waals surface area contributed by atoms with E-state index in [0.717, 1.165) is 21.5 Å². The average molecular weight is 449 g/mol. The molecule has 6 N–H and O–H groups in total. The van der Waals surface area contributed by atoms with Gasteiger partial charge < -0.3 is 31.5 Å². The Bertz CT molecular complexity index is 1310. The Kier molecular flexibility index (Phi) is 5.21. The lowest BCUT2D eigenvalue weighted by Crippen LogP contribution is -2.23. The maximum absolute atomic E-state index is 12.0. The lowest BCUT2D eigenvalue weighted by molar-refractivity contribution is 0.100. The number of primary amides is 1. The fourth-order valence-electron chi connectivity index (χ4n) is 3.42. The second-order valence-corrected chi connectivity index (χ2v) is 8.21. The molecule has 5 rings (SSSR count). The van der Waals surface area contributed by atoms with Crippen LogP contribution in [0.25, 0.3) is 10.1 Å². The Balaban J connectivity index is 1.45. The van der Waals surface area contributed by atoms with Crippen molar-refractivity contribution in [3.8, 4) is 5.75 Å². The van der Waals surface area contributed by atoms with Crippen molar-refractivity contribution in [3.63, 3.8) is 0 Å². The minimum absolute atomic E-state index is 0.189. The molecule has 0 spiro atoms. The first-order chi connectivity index (χ1) is 15.6. The summed E-state index contributed by atoms with van der Waals surface area (Å²) in [6.45, 7) is 0.624. The van der Waals surface area contributed by atoms with Crippen LogP contribution in [0.5, 0.6) is 5.75 Å². The molecule has 2 aromatic carbocycles. The number of carbonyl (C=O) groups is 1. The highest BCUT2D eigenvalue weighted by Crippen LogP contribution is 2.32. The van der Waals surface area contributed by atoms with E-state index in [0.29, 0.717) is 29.7 Å². The van der Waals surface area contributed by atoms with Crippen LogP contribution in [0, 0.1) is 0 Å². The smallest absolute Gasteiger partial charge is 0.254 e. The number of thiophene rings is 1. The van der Waals surface area contributed by atoms with Gasteiger partial charge in [0, 0.05) is 34.2 Å². The number of β-amino-alcohol motifs (C(OH)–C–C–N with tert-alkyl or cyclic N) is 1. The first kappa shape index (κ1) is 20.0. The van der Waals surface area contributed by atoms with E-state index in [1.807, 2.05) is 41.8 Å². The number of amides is 1. The minimum Gasteiger partial charge on any atom is -0.489 e. The molecule has 162 valence electrons. The van der Waals surface area contributed by atoms with E-state index in [1.54, 1.807) is 17.4 Å². The Labute approximate surface area is 187 Å². The zero-order valence-electron chi connectivity index (χ0n) is 16.8. The van der Waals surface area contributed by atoms with Gasteiger partial charge in [0.15, 0.2) is 0 Å². The van der Waals surface area contributed by atoms with Gasteiger partial charge in [0.25, 0.3) is 5.91 Å². The summed E-state index contributed by atoms with van der Waals surface area (Å²) in [7, 11) is 0. The second kappa shape index (κ2) is 8.33. The third-order valence-electron chi connectivity index (χ3n) is 5.00. The lowest BCUT2D eigenvalue weighted by atomic mass is 10.2. The molecule has 1 atom stereocenters. The number of carbonyl (C=O) groups excluding carboxylic acids is 1. The van der Waals surface area contributed by atoms with E-state index in [9.17, 15) is 9.90 Å². The molecule has 0 fully saturated rings. The lowest BCUT2D eigenvalue weighted by Gasteiger charge is -2.13. The molecule has 0 aliphatic carbocycles. The number of hydrogen-bond acceptors (Lipinski definition) is 9. The normalized spacial score (nSPS) is 15.2. The van der Waals surface area contributed by atoms with Gasteiger partial charge >= 0.3 is 0 Å². The zero-order valence-corrected chi connectivity index (χ0v) is 17.6. The summed E-state index contributed by atoms with van der Waals surface area (Å²) in [6.07, 6.45) is 0.819. The van der Waals surface area contributed by atoms with Gasteiger partial charge in [-0.05, 0) is 41.8 Å². The van der Waals surface area contributed by atoms with Gasteiger partial charge in [-0.3, -0.25) is 4.79 Å². The summed E-state index contributed by atoms with van der Waals surface area (Å²) >= 11 is 1.63. The second-order valence-electron chi connectivity index (χ2n) is 7.26. The van der Waals surface area contributed by atoms with Crippen LogP contribution in [0.1, 0.15) is 10.4 Å². The quantitative estimate of drug-likeness (QED) is 0.313. The van der Waals surface area contributed by atoms with Gasteiger partial charge in [-0.15, -0.1) is 11.3 Å². The van der Waals surface area contributed by atoms with Gasteiger partial charge in [0.2, 0.25) is 5.95 Å². The van der Waals surface area contributed by atoms with Crippen molar-refractivity contribution >= 4 is 56.2 Å². The zero-order chi connectivity index (χ0) is 22.1. The monoisotopic (exact) mass is 448 g/mol. The number of nitrogens with one attached hydrogen (secondary N) is 3. The number of ether oxygens (including phenoxy) is 1. The number of hydrogen-bond donors (Lipinski definition) is 5. The Morgan fingerprint density at radius 2 is 2.16 bits per heavy atom. The van der Waals surface area contributed by atoms with Crippen LogP contribution in [-0.2, 0) is 0 Å². The van der Waals surface area contributed by atoms with Crippen LogP contribution in [0.4, 0.5) is 28.8 Å². The van der Waals surface area contributed by atoms with Gasteiger partial charge in [0.1, 0.15) is 29.8 Å². The Morgan fingerprint density at radius 1 is 1.25 bits per heavy atom. The summed E-state index contributed by atoms with van der Waals surface area (Å²) in [5.74, 6) is 0.641. The molecular weight excluding hydrogens is 428 g/mol. The largest absolute Gasteiger partial charge is 0.489 e. The molecule has 1 aliphatic rings. The summed E-state index contributed by atoms with van der Waals surface area (Å²) in [5, 5.41) is 22.3. The minimum atomic E-state index is -0.624. The number of rotatable bonds is 5. The molecule has 0 radical (unpaired) electrons. The summed E-state index contributed by atoms with van der Waals surface area (Å²) < 4.78 is 6.71. The van der Waals surface area contributed by atoms with E-state index in [1.165, 1.54) is 6.20 Å². The fourth-order valence-corrected chi connectivity index (χ4v) is 4.23. The number of aliphatic hydroxyl groups excluding tert-OH is 1. The molecule has 3 heterocycles.